The van der Waals surface area contributed by atoms with E-state index in [0.717, 1.165) is 4.88 Å². The summed E-state index contributed by atoms with van der Waals surface area (Å²) in [5.74, 6) is 2.48. The molecule has 1 fully saturated rings. The molecule has 2 atom stereocenters. The first-order chi connectivity index (χ1) is 7.35. The fourth-order valence-electron chi connectivity index (χ4n) is 1.66. The van der Waals surface area contributed by atoms with Gasteiger partial charge in [-0.15, -0.1) is 23.1 Å². The molecule has 2 unspecified atom stereocenters. The number of hydrogen-bond acceptors (Lipinski definition) is 5. The minimum Gasteiger partial charge on any atom is -0.391 e. The Labute approximate surface area is 103 Å². The summed E-state index contributed by atoms with van der Waals surface area (Å²) in [6.45, 7) is 2.37. The lowest BCUT2D eigenvalue weighted by Gasteiger charge is -2.28. The minimum atomic E-state index is 0.124. The average Bonchev–Trinajstić information content (AvgIpc) is 2.77. The molecule has 0 spiro atoms. The maximum absolute atomic E-state index is 9.03. The van der Waals surface area contributed by atoms with Crippen molar-refractivity contribution in [3.05, 3.63) is 16.1 Å². The molecule has 0 saturated carbocycles. The number of aliphatic hydroxyl groups excluding tert-OH is 1. The molecular formula is C10H15NOS3. The van der Waals surface area contributed by atoms with Crippen LogP contribution in [0.25, 0.3) is 0 Å². The minimum absolute atomic E-state index is 0.124. The van der Waals surface area contributed by atoms with Crippen molar-refractivity contribution in [3.8, 4) is 0 Å². The van der Waals surface area contributed by atoms with Crippen molar-refractivity contribution < 1.29 is 5.11 Å². The van der Waals surface area contributed by atoms with E-state index in [2.05, 4.69) is 23.7 Å². The molecule has 2 heterocycles. The third kappa shape index (κ3) is 2.70. The molecule has 2 rings (SSSR count). The Morgan fingerprint density at radius 2 is 2.27 bits per heavy atom. The van der Waals surface area contributed by atoms with Gasteiger partial charge in [0.25, 0.3) is 0 Å². The zero-order chi connectivity index (χ0) is 10.7. The van der Waals surface area contributed by atoms with Crippen LogP contribution >= 0.6 is 34.9 Å². The predicted molar refractivity (Wildman–Crippen MR) is 69.8 cm³/mol. The van der Waals surface area contributed by atoms with Gasteiger partial charge >= 0.3 is 0 Å². The van der Waals surface area contributed by atoms with Crippen LogP contribution in [0, 0.1) is 0 Å². The fraction of sp³-hybridized carbons (Fsp3) is 0.700. The molecule has 5 heteroatoms. The molecule has 1 aromatic rings. The third-order valence-electron chi connectivity index (χ3n) is 2.42. The second-order valence-corrected chi connectivity index (χ2v) is 7.18. The van der Waals surface area contributed by atoms with Gasteiger partial charge in [-0.3, -0.25) is 0 Å². The molecule has 2 nitrogen and oxygen atoms in total. The molecule has 0 bridgehead atoms. The zero-order valence-corrected chi connectivity index (χ0v) is 11.1. The van der Waals surface area contributed by atoms with Gasteiger partial charge in [0.05, 0.1) is 16.7 Å². The Hall–Kier alpha value is 0.290. The second-order valence-electron chi connectivity index (χ2n) is 3.43. The average molecular weight is 261 g/mol. The van der Waals surface area contributed by atoms with Gasteiger partial charge in [0.1, 0.15) is 5.01 Å². The molecule has 0 amide bonds. The molecule has 1 N–H and O–H groups in total. The number of aromatic nitrogens is 1. The van der Waals surface area contributed by atoms with E-state index >= 15 is 0 Å². The summed E-state index contributed by atoms with van der Waals surface area (Å²) in [5.41, 5.74) is 0. The van der Waals surface area contributed by atoms with Gasteiger partial charge in [0, 0.05) is 23.0 Å². The molecule has 0 aliphatic carbocycles. The maximum Gasteiger partial charge on any atom is 0.107 e. The van der Waals surface area contributed by atoms with Crippen LogP contribution in [-0.4, -0.2) is 26.8 Å². The zero-order valence-electron chi connectivity index (χ0n) is 8.68. The van der Waals surface area contributed by atoms with Crippen molar-refractivity contribution in [1.82, 2.24) is 4.98 Å². The molecular weight excluding hydrogens is 246 g/mol. The summed E-state index contributed by atoms with van der Waals surface area (Å²) in [6.07, 6.45) is 3.02. The van der Waals surface area contributed by atoms with Crippen molar-refractivity contribution in [2.24, 2.45) is 0 Å². The fourth-order valence-corrected chi connectivity index (χ4v) is 5.87. The van der Waals surface area contributed by atoms with Crippen molar-refractivity contribution in [1.29, 1.82) is 0 Å². The Balaban J connectivity index is 2.12. The van der Waals surface area contributed by atoms with Crippen LogP contribution in [0.3, 0.4) is 0 Å². The summed E-state index contributed by atoms with van der Waals surface area (Å²) in [5, 5.41) is 11.5. The summed E-state index contributed by atoms with van der Waals surface area (Å²) in [7, 11) is 0. The standard InChI is InChI=1S/C10H15NOS3/c1-2-8-9(14-4-3-13-8)10-11-5-7(6-12)15-10/h5,8-9,12H,2-4,6H2,1H3. The highest BCUT2D eigenvalue weighted by atomic mass is 32.2. The number of rotatable bonds is 3. The quantitative estimate of drug-likeness (QED) is 0.907. The highest BCUT2D eigenvalue weighted by Gasteiger charge is 2.28. The lowest BCUT2D eigenvalue weighted by atomic mass is 10.2. The van der Waals surface area contributed by atoms with E-state index in [9.17, 15) is 0 Å². The van der Waals surface area contributed by atoms with Crippen molar-refractivity contribution >= 4 is 34.9 Å². The molecule has 1 saturated heterocycles. The molecule has 84 valence electrons. The Kier molecular flexibility index (Phi) is 4.37. The van der Waals surface area contributed by atoms with E-state index < -0.39 is 0 Å². The lowest BCUT2D eigenvalue weighted by Crippen LogP contribution is -2.17. The lowest BCUT2D eigenvalue weighted by molar-refractivity contribution is 0.285. The summed E-state index contributed by atoms with van der Waals surface area (Å²) >= 11 is 5.75. The van der Waals surface area contributed by atoms with Crippen LogP contribution in [0.5, 0.6) is 0 Å². The van der Waals surface area contributed by atoms with E-state index in [4.69, 9.17) is 5.11 Å². The molecule has 1 aromatic heterocycles. The van der Waals surface area contributed by atoms with Crippen LogP contribution < -0.4 is 0 Å². The molecule has 1 aliphatic heterocycles. The van der Waals surface area contributed by atoms with E-state index in [1.165, 1.54) is 22.9 Å². The topological polar surface area (TPSA) is 33.1 Å². The second kappa shape index (κ2) is 5.57. The predicted octanol–water partition coefficient (Wildman–Crippen LogP) is 2.94. The van der Waals surface area contributed by atoms with E-state index in [-0.39, 0.29) is 6.61 Å². The van der Waals surface area contributed by atoms with Gasteiger partial charge < -0.3 is 5.11 Å². The number of aliphatic hydroxyl groups is 1. The monoisotopic (exact) mass is 261 g/mol. The number of thioether (sulfide) groups is 2. The van der Waals surface area contributed by atoms with Crippen molar-refractivity contribution in [3.63, 3.8) is 0 Å². The Bertz CT molecular complexity index is 315. The van der Waals surface area contributed by atoms with Crippen LogP contribution in [0.1, 0.15) is 28.5 Å². The first-order valence-corrected chi connectivity index (χ1v) is 8.05. The van der Waals surface area contributed by atoms with Gasteiger partial charge in [-0.1, -0.05) is 6.92 Å². The van der Waals surface area contributed by atoms with Crippen molar-refractivity contribution in [2.45, 2.75) is 30.5 Å². The Morgan fingerprint density at radius 3 is 2.93 bits per heavy atom. The number of nitrogens with zero attached hydrogens (tertiary/aromatic N) is 1. The molecule has 0 aromatic carbocycles. The van der Waals surface area contributed by atoms with E-state index in [1.807, 2.05) is 18.0 Å². The highest BCUT2D eigenvalue weighted by Crippen LogP contribution is 2.45. The maximum atomic E-state index is 9.03. The summed E-state index contributed by atoms with van der Waals surface area (Å²) in [4.78, 5) is 5.42. The summed E-state index contributed by atoms with van der Waals surface area (Å²) in [6, 6.07) is 0. The number of thiazole rings is 1. The van der Waals surface area contributed by atoms with Gasteiger partial charge in [-0.2, -0.15) is 11.8 Å². The van der Waals surface area contributed by atoms with Gasteiger partial charge in [0.15, 0.2) is 0 Å². The largest absolute Gasteiger partial charge is 0.391 e. The summed E-state index contributed by atoms with van der Waals surface area (Å²) < 4.78 is 0. The molecule has 1 aliphatic rings. The van der Waals surface area contributed by atoms with Crippen LogP contribution in [0.4, 0.5) is 0 Å². The molecule has 0 radical (unpaired) electrons. The normalized spacial score (nSPS) is 26.8. The smallest absolute Gasteiger partial charge is 0.107 e. The van der Waals surface area contributed by atoms with Crippen molar-refractivity contribution in [2.75, 3.05) is 11.5 Å². The molecule has 15 heavy (non-hydrogen) atoms. The van der Waals surface area contributed by atoms with Crippen LogP contribution in [0.15, 0.2) is 6.20 Å². The van der Waals surface area contributed by atoms with E-state index in [0.29, 0.717) is 10.5 Å². The number of hydrogen-bond donors (Lipinski definition) is 1. The van der Waals surface area contributed by atoms with Gasteiger partial charge in [0.2, 0.25) is 0 Å². The van der Waals surface area contributed by atoms with Crippen LogP contribution in [-0.2, 0) is 6.61 Å². The third-order valence-corrected chi connectivity index (χ3v) is 6.89. The Morgan fingerprint density at radius 1 is 1.47 bits per heavy atom. The first kappa shape index (κ1) is 11.8. The highest BCUT2D eigenvalue weighted by molar-refractivity contribution is 8.06. The first-order valence-electron chi connectivity index (χ1n) is 5.13. The van der Waals surface area contributed by atoms with E-state index in [1.54, 1.807) is 11.3 Å². The SMILES string of the molecule is CCC1SCCSC1c1ncc(CO)s1. The van der Waals surface area contributed by atoms with Gasteiger partial charge in [-0.25, -0.2) is 4.98 Å². The van der Waals surface area contributed by atoms with Crippen LogP contribution in [0.2, 0.25) is 0 Å². The van der Waals surface area contributed by atoms with Gasteiger partial charge in [-0.05, 0) is 6.42 Å².